The number of nitrogens with zero attached hydrogens (tertiary/aromatic N) is 2. The summed E-state index contributed by atoms with van der Waals surface area (Å²) in [7, 11) is 0. The summed E-state index contributed by atoms with van der Waals surface area (Å²) in [5, 5.41) is 13.3. The lowest BCUT2D eigenvalue weighted by Crippen LogP contribution is -2.06. The Labute approximate surface area is 135 Å². The van der Waals surface area contributed by atoms with Gasteiger partial charge in [-0.05, 0) is 51.5 Å². The van der Waals surface area contributed by atoms with Gasteiger partial charge in [0.05, 0.1) is 16.8 Å². The van der Waals surface area contributed by atoms with Gasteiger partial charge in [0.15, 0.2) is 5.78 Å². The molecule has 0 fully saturated rings. The number of benzene rings is 1. The first-order valence-corrected chi connectivity index (χ1v) is 7.42. The van der Waals surface area contributed by atoms with Crippen molar-refractivity contribution in [2.45, 2.75) is 33.7 Å². The van der Waals surface area contributed by atoms with Crippen LogP contribution in [0.25, 0.3) is 6.08 Å². The third kappa shape index (κ3) is 3.56. The molecule has 1 N–H and O–H groups in total. The van der Waals surface area contributed by atoms with E-state index < -0.39 is 5.97 Å². The van der Waals surface area contributed by atoms with Crippen LogP contribution in [0.4, 0.5) is 0 Å². The third-order valence-corrected chi connectivity index (χ3v) is 3.65. The predicted molar refractivity (Wildman–Crippen MR) is 88.9 cm³/mol. The van der Waals surface area contributed by atoms with Crippen molar-refractivity contribution in [2.75, 3.05) is 0 Å². The highest BCUT2D eigenvalue weighted by molar-refractivity contribution is 6.08. The number of aromatic carboxylic acids is 1. The van der Waals surface area contributed by atoms with E-state index in [1.807, 2.05) is 32.4 Å². The van der Waals surface area contributed by atoms with Gasteiger partial charge in [-0.15, -0.1) is 0 Å². The number of aryl methyl sites for hydroxylation is 1. The van der Waals surface area contributed by atoms with E-state index in [1.165, 1.54) is 18.2 Å². The lowest BCUT2D eigenvalue weighted by molar-refractivity contribution is 0.0696. The van der Waals surface area contributed by atoms with Gasteiger partial charge in [-0.2, -0.15) is 5.10 Å². The molecule has 0 amide bonds. The number of carbonyl (C=O) groups is 2. The summed E-state index contributed by atoms with van der Waals surface area (Å²) in [4.78, 5) is 23.3. The monoisotopic (exact) mass is 312 g/mol. The standard InChI is InChI=1S/C18H20N2O3/c1-11(2)20-13(4)17(12(3)19-20)16(21)10-7-14-5-8-15(9-6-14)18(22)23/h5-11H,1-4H3,(H,22,23). The van der Waals surface area contributed by atoms with Crippen LogP contribution in [0, 0.1) is 13.8 Å². The zero-order valence-electron chi connectivity index (χ0n) is 13.7. The Balaban J connectivity index is 2.23. The number of carbonyl (C=O) groups excluding carboxylic acids is 1. The van der Waals surface area contributed by atoms with Crippen molar-refractivity contribution in [1.82, 2.24) is 9.78 Å². The van der Waals surface area contributed by atoms with Gasteiger partial charge in [0.1, 0.15) is 0 Å². The Hall–Kier alpha value is -2.69. The molecule has 1 heterocycles. The summed E-state index contributed by atoms with van der Waals surface area (Å²) in [6.07, 6.45) is 3.18. The van der Waals surface area contributed by atoms with Crippen LogP contribution in [-0.2, 0) is 0 Å². The van der Waals surface area contributed by atoms with E-state index in [4.69, 9.17) is 5.11 Å². The molecule has 1 aromatic carbocycles. The van der Waals surface area contributed by atoms with Gasteiger partial charge in [-0.3, -0.25) is 9.48 Å². The summed E-state index contributed by atoms with van der Waals surface area (Å²) >= 11 is 0. The highest BCUT2D eigenvalue weighted by Crippen LogP contribution is 2.18. The molecule has 0 unspecified atom stereocenters. The quantitative estimate of drug-likeness (QED) is 0.675. The third-order valence-electron chi connectivity index (χ3n) is 3.65. The second-order valence-electron chi connectivity index (χ2n) is 5.71. The van der Waals surface area contributed by atoms with Crippen LogP contribution in [0.15, 0.2) is 30.3 Å². The van der Waals surface area contributed by atoms with Gasteiger partial charge in [-0.1, -0.05) is 18.2 Å². The number of hydrogen-bond acceptors (Lipinski definition) is 3. The van der Waals surface area contributed by atoms with Crippen LogP contribution < -0.4 is 0 Å². The summed E-state index contributed by atoms with van der Waals surface area (Å²) < 4.78 is 1.85. The molecular formula is C18H20N2O3. The SMILES string of the molecule is Cc1nn(C(C)C)c(C)c1C(=O)C=Cc1ccc(C(=O)O)cc1. The molecule has 0 bridgehead atoms. The molecule has 0 aliphatic rings. The molecule has 0 atom stereocenters. The lowest BCUT2D eigenvalue weighted by atomic mass is 10.1. The Bertz CT molecular complexity index is 768. The molecule has 0 saturated carbocycles. The minimum absolute atomic E-state index is 0.103. The molecule has 0 aliphatic carbocycles. The van der Waals surface area contributed by atoms with E-state index in [0.717, 1.165) is 11.3 Å². The Kier molecular flexibility index (Phi) is 4.79. The van der Waals surface area contributed by atoms with Crippen molar-refractivity contribution in [2.24, 2.45) is 0 Å². The van der Waals surface area contributed by atoms with Crippen molar-refractivity contribution in [3.8, 4) is 0 Å². The highest BCUT2D eigenvalue weighted by Gasteiger charge is 2.17. The zero-order valence-corrected chi connectivity index (χ0v) is 13.7. The second kappa shape index (κ2) is 6.60. The fourth-order valence-corrected chi connectivity index (χ4v) is 2.51. The van der Waals surface area contributed by atoms with Crippen molar-refractivity contribution in [3.63, 3.8) is 0 Å². The molecule has 0 spiro atoms. The molecule has 2 rings (SSSR count). The molecule has 0 saturated heterocycles. The molecule has 0 radical (unpaired) electrons. The number of rotatable bonds is 5. The van der Waals surface area contributed by atoms with Crippen LogP contribution in [0.5, 0.6) is 0 Å². The molecule has 23 heavy (non-hydrogen) atoms. The first-order valence-electron chi connectivity index (χ1n) is 7.42. The van der Waals surface area contributed by atoms with Gasteiger partial charge in [0.2, 0.25) is 0 Å². The van der Waals surface area contributed by atoms with E-state index in [9.17, 15) is 9.59 Å². The van der Waals surface area contributed by atoms with Gasteiger partial charge in [-0.25, -0.2) is 4.79 Å². The number of carboxylic acids is 1. The number of allylic oxidation sites excluding steroid dienone is 1. The fourth-order valence-electron chi connectivity index (χ4n) is 2.51. The summed E-state index contributed by atoms with van der Waals surface area (Å²) in [6, 6.07) is 6.57. The van der Waals surface area contributed by atoms with Gasteiger partial charge >= 0.3 is 5.97 Å². The number of ketones is 1. The normalized spacial score (nSPS) is 11.3. The van der Waals surface area contributed by atoms with Crippen LogP contribution in [-0.4, -0.2) is 26.6 Å². The number of aromatic nitrogens is 2. The summed E-state index contributed by atoms with van der Waals surface area (Å²) in [5.74, 6) is -1.07. The maximum Gasteiger partial charge on any atom is 0.335 e. The van der Waals surface area contributed by atoms with Crippen molar-refractivity contribution < 1.29 is 14.7 Å². The topological polar surface area (TPSA) is 72.2 Å². The molecule has 120 valence electrons. The van der Waals surface area contributed by atoms with E-state index in [1.54, 1.807) is 18.2 Å². The minimum atomic E-state index is -0.969. The predicted octanol–water partition coefficient (Wildman–Crippen LogP) is 3.68. The molecule has 2 aromatic rings. The van der Waals surface area contributed by atoms with Crippen LogP contribution in [0.2, 0.25) is 0 Å². The van der Waals surface area contributed by atoms with Crippen LogP contribution >= 0.6 is 0 Å². The maximum atomic E-state index is 12.4. The van der Waals surface area contributed by atoms with Gasteiger partial charge in [0.25, 0.3) is 0 Å². The first kappa shape index (κ1) is 16.7. The molecule has 5 heteroatoms. The molecule has 1 aromatic heterocycles. The van der Waals surface area contributed by atoms with E-state index >= 15 is 0 Å². The van der Waals surface area contributed by atoms with Crippen LogP contribution in [0.1, 0.15) is 57.6 Å². The number of hydrogen-bond donors (Lipinski definition) is 1. The van der Waals surface area contributed by atoms with Gasteiger partial charge in [0, 0.05) is 11.7 Å². The average Bonchev–Trinajstić information content (AvgIpc) is 2.80. The van der Waals surface area contributed by atoms with Crippen molar-refractivity contribution in [3.05, 3.63) is 58.4 Å². The largest absolute Gasteiger partial charge is 0.478 e. The Morgan fingerprint density at radius 2 is 1.78 bits per heavy atom. The summed E-state index contributed by atoms with van der Waals surface area (Å²) in [6.45, 7) is 7.76. The van der Waals surface area contributed by atoms with E-state index in [0.29, 0.717) is 11.3 Å². The molecule has 5 nitrogen and oxygen atoms in total. The molecular weight excluding hydrogens is 292 g/mol. The number of carboxylic acid groups (broad SMARTS) is 1. The Morgan fingerprint density at radius 1 is 1.17 bits per heavy atom. The zero-order chi connectivity index (χ0) is 17.1. The maximum absolute atomic E-state index is 12.4. The van der Waals surface area contributed by atoms with E-state index in [-0.39, 0.29) is 17.4 Å². The van der Waals surface area contributed by atoms with Crippen molar-refractivity contribution >= 4 is 17.8 Å². The van der Waals surface area contributed by atoms with Crippen molar-refractivity contribution in [1.29, 1.82) is 0 Å². The fraction of sp³-hybridized carbons (Fsp3) is 0.278. The molecule has 0 aliphatic heterocycles. The lowest BCUT2D eigenvalue weighted by Gasteiger charge is -2.07. The minimum Gasteiger partial charge on any atom is -0.478 e. The second-order valence-corrected chi connectivity index (χ2v) is 5.71. The average molecular weight is 312 g/mol. The van der Waals surface area contributed by atoms with Crippen LogP contribution in [0.3, 0.4) is 0 Å². The summed E-state index contributed by atoms with van der Waals surface area (Å²) in [5.41, 5.74) is 3.19. The first-order chi connectivity index (χ1) is 10.8. The van der Waals surface area contributed by atoms with E-state index in [2.05, 4.69) is 5.10 Å². The van der Waals surface area contributed by atoms with Gasteiger partial charge < -0.3 is 5.11 Å². The highest BCUT2D eigenvalue weighted by atomic mass is 16.4. The smallest absolute Gasteiger partial charge is 0.335 e. The Morgan fingerprint density at radius 3 is 2.26 bits per heavy atom.